The Balaban J connectivity index is 2.04. The fourth-order valence-electron chi connectivity index (χ4n) is 1.79. The molecule has 2 aromatic carbocycles. The Hall–Kier alpha value is -3.00. The van der Waals surface area contributed by atoms with Gasteiger partial charge >= 0.3 is 0 Å². The summed E-state index contributed by atoms with van der Waals surface area (Å²) in [6.07, 6.45) is 0. The van der Waals surface area contributed by atoms with Crippen LogP contribution < -0.4 is 15.8 Å². The third kappa shape index (κ3) is 3.98. The number of hydrogen-bond acceptors (Lipinski definition) is 4. The van der Waals surface area contributed by atoms with Crippen LogP contribution in [-0.4, -0.2) is 12.5 Å². The molecule has 0 saturated carbocycles. The highest BCUT2D eigenvalue weighted by molar-refractivity contribution is 5.95. The number of nitrogen functional groups attached to an aromatic ring is 1. The minimum Gasteiger partial charge on any atom is -0.477 e. The number of nitriles is 1. The Morgan fingerprint density at radius 3 is 2.71 bits per heavy atom. The first-order chi connectivity index (χ1) is 10.2. The first kappa shape index (κ1) is 14.4. The quantitative estimate of drug-likeness (QED) is 0.821. The molecule has 0 aliphatic carbocycles. The number of benzene rings is 2. The molecule has 2 aromatic rings. The first-order valence-corrected chi connectivity index (χ1v) is 6.42. The van der Waals surface area contributed by atoms with Crippen LogP contribution in [0.15, 0.2) is 48.5 Å². The predicted molar refractivity (Wildman–Crippen MR) is 79.6 cm³/mol. The maximum Gasteiger partial charge on any atom is 0.251 e. The second-order valence-corrected chi connectivity index (χ2v) is 4.37. The summed E-state index contributed by atoms with van der Waals surface area (Å²) in [5, 5.41) is 11.3. The van der Waals surface area contributed by atoms with Crippen molar-refractivity contribution in [1.29, 1.82) is 5.26 Å². The smallest absolute Gasteiger partial charge is 0.251 e. The van der Waals surface area contributed by atoms with Crippen molar-refractivity contribution in [3.8, 4) is 11.8 Å². The summed E-state index contributed by atoms with van der Waals surface area (Å²) in [6.45, 7) is 0.331. The molecule has 106 valence electrons. The highest BCUT2D eigenvalue weighted by atomic mass is 16.5. The largest absolute Gasteiger partial charge is 0.477 e. The van der Waals surface area contributed by atoms with E-state index in [4.69, 9.17) is 15.7 Å². The number of hydrogen-bond donors (Lipinski definition) is 2. The van der Waals surface area contributed by atoms with Crippen molar-refractivity contribution in [3.63, 3.8) is 0 Å². The number of carbonyl (C=O) groups excluding carboxylic acids is 1. The van der Waals surface area contributed by atoms with Crippen molar-refractivity contribution in [1.82, 2.24) is 5.32 Å². The number of anilines is 1. The Morgan fingerprint density at radius 2 is 2.00 bits per heavy atom. The van der Waals surface area contributed by atoms with Gasteiger partial charge in [-0.05, 0) is 23.8 Å². The molecule has 0 aliphatic rings. The number of ether oxygens (including phenoxy) is 1. The Bertz CT molecular complexity index is 663. The van der Waals surface area contributed by atoms with Crippen LogP contribution >= 0.6 is 0 Å². The molecule has 2 rings (SSSR count). The molecular weight excluding hydrogens is 266 g/mol. The SMILES string of the molecule is N#CCOc1cc(C(=O)NCc2ccccc2)ccc1N. The molecular formula is C16H15N3O2. The Labute approximate surface area is 123 Å². The molecule has 0 heterocycles. The molecule has 0 saturated heterocycles. The fourth-order valence-corrected chi connectivity index (χ4v) is 1.79. The van der Waals surface area contributed by atoms with Crippen LogP contribution in [0.4, 0.5) is 5.69 Å². The second-order valence-electron chi connectivity index (χ2n) is 4.37. The summed E-state index contributed by atoms with van der Waals surface area (Å²) >= 11 is 0. The van der Waals surface area contributed by atoms with Crippen LogP contribution in [0.3, 0.4) is 0 Å². The van der Waals surface area contributed by atoms with Crippen molar-refractivity contribution in [2.75, 3.05) is 12.3 Å². The molecule has 5 nitrogen and oxygen atoms in total. The minimum atomic E-state index is -0.222. The molecule has 0 unspecified atom stereocenters. The summed E-state index contributed by atoms with van der Waals surface area (Å²) in [7, 11) is 0. The molecule has 0 radical (unpaired) electrons. The van der Waals surface area contributed by atoms with Crippen molar-refractivity contribution < 1.29 is 9.53 Å². The van der Waals surface area contributed by atoms with E-state index < -0.39 is 0 Å². The Kier molecular flexibility index (Phi) is 4.78. The lowest BCUT2D eigenvalue weighted by molar-refractivity contribution is 0.0950. The molecule has 0 fully saturated rings. The molecule has 1 amide bonds. The summed E-state index contributed by atoms with van der Waals surface area (Å²) in [6, 6.07) is 16.2. The van der Waals surface area contributed by atoms with E-state index in [1.807, 2.05) is 36.4 Å². The average Bonchev–Trinajstić information content (AvgIpc) is 2.53. The number of nitrogens with two attached hydrogens (primary N) is 1. The van der Waals surface area contributed by atoms with Crippen LogP contribution in [0.1, 0.15) is 15.9 Å². The van der Waals surface area contributed by atoms with Gasteiger partial charge in [0.1, 0.15) is 11.8 Å². The molecule has 3 N–H and O–H groups in total. The van der Waals surface area contributed by atoms with Crippen LogP contribution in [0.2, 0.25) is 0 Å². The van der Waals surface area contributed by atoms with Gasteiger partial charge in [-0.15, -0.1) is 0 Å². The highest BCUT2D eigenvalue weighted by Gasteiger charge is 2.09. The van der Waals surface area contributed by atoms with Gasteiger partial charge in [0.05, 0.1) is 5.69 Å². The van der Waals surface area contributed by atoms with Crippen LogP contribution in [0.25, 0.3) is 0 Å². The van der Waals surface area contributed by atoms with Crippen LogP contribution in [-0.2, 0) is 6.54 Å². The van der Waals surface area contributed by atoms with E-state index in [0.717, 1.165) is 5.56 Å². The third-order valence-corrected chi connectivity index (χ3v) is 2.86. The van der Waals surface area contributed by atoms with E-state index in [9.17, 15) is 4.79 Å². The van der Waals surface area contributed by atoms with Gasteiger partial charge in [-0.3, -0.25) is 4.79 Å². The summed E-state index contributed by atoms with van der Waals surface area (Å²) in [4.78, 5) is 12.1. The molecule has 5 heteroatoms. The maximum atomic E-state index is 12.1. The van der Waals surface area contributed by atoms with E-state index in [-0.39, 0.29) is 12.5 Å². The number of amides is 1. The average molecular weight is 281 g/mol. The van der Waals surface area contributed by atoms with Gasteiger partial charge in [0.25, 0.3) is 5.91 Å². The molecule has 0 aromatic heterocycles. The van der Waals surface area contributed by atoms with Crippen molar-refractivity contribution >= 4 is 11.6 Å². The van der Waals surface area contributed by atoms with Crippen molar-refractivity contribution in [2.24, 2.45) is 0 Å². The van der Waals surface area contributed by atoms with Crippen molar-refractivity contribution in [3.05, 3.63) is 59.7 Å². The second kappa shape index (κ2) is 6.96. The number of nitrogens with one attached hydrogen (secondary N) is 1. The van der Waals surface area contributed by atoms with Gasteiger partial charge < -0.3 is 15.8 Å². The molecule has 0 spiro atoms. The number of carbonyl (C=O) groups is 1. The zero-order valence-corrected chi connectivity index (χ0v) is 11.4. The molecule has 0 atom stereocenters. The number of rotatable bonds is 5. The lowest BCUT2D eigenvalue weighted by Crippen LogP contribution is -2.22. The fraction of sp³-hybridized carbons (Fsp3) is 0.125. The third-order valence-electron chi connectivity index (χ3n) is 2.86. The van der Waals surface area contributed by atoms with Gasteiger partial charge in [0, 0.05) is 12.1 Å². The minimum absolute atomic E-state index is 0.112. The summed E-state index contributed by atoms with van der Waals surface area (Å²) < 4.78 is 5.17. The standard InChI is InChI=1S/C16H15N3O2/c17-8-9-21-15-10-13(6-7-14(15)18)16(20)19-11-12-4-2-1-3-5-12/h1-7,10H,9,11,18H2,(H,19,20). The first-order valence-electron chi connectivity index (χ1n) is 6.42. The predicted octanol–water partition coefficient (Wildman–Crippen LogP) is 2.10. The monoisotopic (exact) mass is 281 g/mol. The van der Waals surface area contributed by atoms with Crippen molar-refractivity contribution in [2.45, 2.75) is 6.54 Å². The molecule has 0 bridgehead atoms. The van der Waals surface area contributed by atoms with Crippen LogP contribution in [0, 0.1) is 11.3 Å². The number of nitrogens with zero attached hydrogens (tertiary/aromatic N) is 1. The summed E-state index contributed by atoms with van der Waals surface area (Å²) in [5.74, 6) is 0.115. The van der Waals surface area contributed by atoms with E-state index in [0.29, 0.717) is 23.5 Å². The lowest BCUT2D eigenvalue weighted by atomic mass is 10.1. The van der Waals surface area contributed by atoms with E-state index >= 15 is 0 Å². The van der Waals surface area contributed by atoms with E-state index in [1.54, 1.807) is 12.1 Å². The summed E-state index contributed by atoms with van der Waals surface area (Å²) in [5.41, 5.74) is 7.58. The van der Waals surface area contributed by atoms with Gasteiger partial charge in [-0.2, -0.15) is 5.26 Å². The topological polar surface area (TPSA) is 88.1 Å². The Morgan fingerprint density at radius 1 is 1.24 bits per heavy atom. The van der Waals surface area contributed by atoms with Gasteiger partial charge in [0.15, 0.2) is 6.61 Å². The van der Waals surface area contributed by atoms with Gasteiger partial charge in [-0.25, -0.2) is 0 Å². The normalized spacial score (nSPS) is 9.67. The van der Waals surface area contributed by atoms with Crippen LogP contribution in [0.5, 0.6) is 5.75 Å². The van der Waals surface area contributed by atoms with Gasteiger partial charge in [-0.1, -0.05) is 30.3 Å². The van der Waals surface area contributed by atoms with Gasteiger partial charge in [0.2, 0.25) is 0 Å². The zero-order valence-electron chi connectivity index (χ0n) is 11.4. The van der Waals surface area contributed by atoms with E-state index in [2.05, 4.69) is 5.32 Å². The lowest BCUT2D eigenvalue weighted by Gasteiger charge is -2.09. The molecule has 0 aliphatic heterocycles. The zero-order chi connectivity index (χ0) is 15.1. The highest BCUT2D eigenvalue weighted by Crippen LogP contribution is 2.22. The molecule has 21 heavy (non-hydrogen) atoms. The van der Waals surface area contributed by atoms with E-state index in [1.165, 1.54) is 6.07 Å². The maximum absolute atomic E-state index is 12.1.